The average molecular weight is 1060 g/mol. The van der Waals surface area contributed by atoms with Gasteiger partial charge in [0.05, 0.1) is 40.0 Å². The first-order valence-corrected chi connectivity index (χ1v) is 25.0. The third kappa shape index (κ3) is 12.5. The van der Waals surface area contributed by atoms with E-state index < -0.39 is 110 Å². The molecule has 3 saturated heterocycles. The predicted octanol–water partition coefficient (Wildman–Crippen LogP) is 8.55. The van der Waals surface area contributed by atoms with E-state index in [-0.39, 0.29) is 40.0 Å². The summed E-state index contributed by atoms with van der Waals surface area (Å²) < 4.78 is 70.3. The first kappa shape index (κ1) is 52.6. The number of hydrogen-bond donors (Lipinski definition) is 0. The van der Waals surface area contributed by atoms with Crippen molar-refractivity contribution in [3.63, 3.8) is 0 Å². The lowest BCUT2D eigenvalue weighted by Crippen LogP contribution is -2.68. The van der Waals surface area contributed by atoms with Crippen LogP contribution in [-0.2, 0) is 52.1 Å². The molecule has 17 heteroatoms. The van der Waals surface area contributed by atoms with Gasteiger partial charge in [-0.05, 0) is 72.8 Å². The molecule has 3 aliphatic rings. The number of carbonyl (C=O) groups excluding carboxylic acids is 6. The normalized spacial score (nSPS) is 24.4. The Balaban J connectivity index is 1.10. The molecule has 0 aliphatic carbocycles. The van der Waals surface area contributed by atoms with Gasteiger partial charge in [-0.3, -0.25) is 0 Å². The zero-order valence-electron chi connectivity index (χ0n) is 41.4. The van der Waals surface area contributed by atoms with Gasteiger partial charge in [0.15, 0.2) is 30.9 Å². The highest BCUT2D eigenvalue weighted by Crippen LogP contribution is 2.40. The highest BCUT2D eigenvalue weighted by molar-refractivity contribution is 5.92. The van der Waals surface area contributed by atoms with Crippen LogP contribution < -0.4 is 0 Å². The molecule has 1 unspecified atom stereocenters. The molecule has 0 aromatic heterocycles. The molecule has 78 heavy (non-hydrogen) atoms. The van der Waals surface area contributed by atoms with Crippen LogP contribution in [0, 0.1) is 0 Å². The van der Waals surface area contributed by atoms with Crippen LogP contribution in [-0.4, -0.2) is 110 Å². The molecule has 7 aromatic carbocycles. The van der Waals surface area contributed by atoms with E-state index in [1.165, 1.54) is 60.7 Å². The number of fused-ring (bicyclic) bond motifs is 1. The van der Waals surface area contributed by atoms with Crippen molar-refractivity contribution >= 4 is 35.8 Å². The van der Waals surface area contributed by atoms with Crippen molar-refractivity contribution in [1.29, 1.82) is 0 Å². The van der Waals surface area contributed by atoms with Crippen molar-refractivity contribution in [3.8, 4) is 0 Å². The minimum atomic E-state index is -1.91. The maximum Gasteiger partial charge on any atom is 0.340 e. The lowest BCUT2D eigenvalue weighted by molar-refractivity contribution is -0.381. The van der Waals surface area contributed by atoms with Gasteiger partial charge >= 0.3 is 35.8 Å². The first-order chi connectivity index (χ1) is 38.2. The van der Waals surface area contributed by atoms with Crippen molar-refractivity contribution in [2.24, 2.45) is 0 Å². The molecule has 7 aromatic rings. The summed E-state index contributed by atoms with van der Waals surface area (Å²) in [5, 5.41) is 0. The molecule has 3 aliphatic heterocycles. The minimum Gasteiger partial charge on any atom is -0.459 e. The van der Waals surface area contributed by atoms with Gasteiger partial charge in [0.2, 0.25) is 12.4 Å². The fourth-order valence-corrected chi connectivity index (χ4v) is 9.01. The highest BCUT2D eigenvalue weighted by atomic mass is 16.8. The van der Waals surface area contributed by atoms with Crippen LogP contribution in [0.15, 0.2) is 212 Å². The summed E-state index contributed by atoms with van der Waals surface area (Å²) in [5.41, 5.74) is 1.19. The van der Waals surface area contributed by atoms with Crippen LogP contribution >= 0.6 is 0 Å². The summed E-state index contributed by atoms with van der Waals surface area (Å²) >= 11 is 0. The zero-order chi connectivity index (χ0) is 53.8. The predicted molar refractivity (Wildman–Crippen MR) is 273 cm³/mol. The molecule has 0 spiro atoms. The molecule has 11 atom stereocenters. The highest BCUT2D eigenvalue weighted by Gasteiger charge is 2.59. The lowest BCUT2D eigenvalue weighted by Gasteiger charge is -2.50. The van der Waals surface area contributed by atoms with Crippen molar-refractivity contribution in [1.82, 2.24) is 0 Å². The third-order valence-electron chi connectivity index (χ3n) is 12.9. The summed E-state index contributed by atoms with van der Waals surface area (Å²) in [5.74, 6) is -5.39. The van der Waals surface area contributed by atoms with Crippen LogP contribution in [0.25, 0.3) is 0 Å². The lowest BCUT2D eigenvalue weighted by atomic mass is 9.95. The average Bonchev–Trinajstić information content (AvgIpc) is 3.59. The Morgan fingerprint density at radius 1 is 0.359 bits per heavy atom. The monoisotopic (exact) mass is 1050 g/mol. The molecule has 3 heterocycles. The summed E-state index contributed by atoms with van der Waals surface area (Å²) in [6.07, 6.45) is -17.5. The fourth-order valence-electron chi connectivity index (χ4n) is 9.01. The SMILES string of the molecule is O=C(OC[C@H]1O[C@@H](OC(=O)c2ccccc2)[C@H](OC(=O)c2ccccc2)[C@@H](OC(=O)c2ccccc2)[C@@H]1O[C@@H]1O[C@@H]2COC(c3ccccc3)O[C@H]2[C@H](OC(=O)c2ccccc2)[C@H]1OC(=O)c1ccccc1)c1ccccc1. The van der Waals surface area contributed by atoms with Gasteiger partial charge in [-0.25, -0.2) is 28.8 Å². The summed E-state index contributed by atoms with van der Waals surface area (Å²) in [4.78, 5) is 85.4. The quantitative estimate of drug-likeness (QED) is 0.0657. The molecule has 0 bridgehead atoms. The Kier molecular flexibility index (Phi) is 16.8. The Morgan fingerprint density at radius 3 is 1.15 bits per heavy atom. The zero-order valence-corrected chi connectivity index (χ0v) is 41.4. The van der Waals surface area contributed by atoms with Crippen molar-refractivity contribution in [2.75, 3.05) is 13.2 Å². The molecule has 10 rings (SSSR count). The van der Waals surface area contributed by atoms with Crippen LogP contribution in [0.1, 0.15) is 74.0 Å². The van der Waals surface area contributed by atoms with E-state index in [0.29, 0.717) is 5.56 Å². The topological polar surface area (TPSA) is 204 Å². The van der Waals surface area contributed by atoms with E-state index in [4.69, 9.17) is 52.1 Å². The van der Waals surface area contributed by atoms with E-state index in [9.17, 15) is 28.8 Å². The van der Waals surface area contributed by atoms with Crippen LogP contribution in [0.5, 0.6) is 0 Å². The Morgan fingerprint density at radius 2 is 0.718 bits per heavy atom. The first-order valence-electron chi connectivity index (χ1n) is 25.0. The number of carbonyl (C=O) groups is 6. The maximum atomic E-state index is 14.5. The molecule has 396 valence electrons. The largest absolute Gasteiger partial charge is 0.459 e. The van der Waals surface area contributed by atoms with Crippen molar-refractivity contribution < 1.29 is 80.9 Å². The standard InChI is InChI=1S/C61H50O17/c62-53(38-22-8-1-9-23-38)68-36-45-48(50(73-55(64)40-26-12-3-13-27-40)52(75-57(66)42-30-16-5-17-31-42)61(71-45)78-58(67)43-32-18-6-19-33-43)77-60-51(74-56(65)41-28-14-4-15-29-41)49(72-54(63)39-24-10-2-11-25-39)47-46(70-60)37-69-59(76-47)44-34-20-7-21-35-44/h1-35,45-52,59-61H,36-37H2/t45-,46-,47-,48-,49+,50+,51-,52-,59?,60+,61+/m1/s1. The molecular weight excluding hydrogens is 1000 g/mol. The van der Waals surface area contributed by atoms with Gasteiger partial charge < -0.3 is 52.1 Å². The van der Waals surface area contributed by atoms with Crippen molar-refractivity contribution in [3.05, 3.63) is 251 Å². The van der Waals surface area contributed by atoms with Gasteiger partial charge in [-0.15, -0.1) is 0 Å². The number of esters is 6. The number of rotatable bonds is 16. The van der Waals surface area contributed by atoms with Gasteiger partial charge in [0.25, 0.3) is 0 Å². The molecule has 0 amide bonds. The molecular formula is C61H50O17. The molecule has 0 saturated carbocycles. The Hall–Kier alpha value is -8.84. The van der Waals surface area contributed by atoms with E-state index in [1.54, 1.807) is 146 Å². The van der Waals surface area contributed by atoms with Gasteiger partial charge in [0.1, 0.15) is 31.0 Å². The van der Waals surface area contributed by atoms with Crippen LogP contribution in [0.4, 0.5) is 0 Å². The Labute approximate surface area is 447 Å². The second kappa shape index (κ2) is 24.9. The molecule has 17 nitrogen and oxygen atoms in total. The van der Waals surface area contributed by atoms with E-state index in [0.717, 1.165) is 0 Å². The fraction of sp³-hybridized carbons (Fsp3) is 0.213. The third-order valence-corrected chi connectivity index (χ3v) is 12.9. The number of hydrogen-bond acceptors (Lipinski definition) is 17. The Bertz CT molecular complexity index is 3130. The van der Waals surface area contributed by atoms with Gasteiger partial charge in [-0.1, -0.05) is 140 Å². The second-order valence-electron chi connectivity index (χ2n) is 18.0. The van der Waals surface area contributed by atoms with Gasteiger partial charge in [0, 0.05) is 5.56 Å². The van der Waals surface area contributed by atoms with Gasteiger partial charge in [-0.2, -0.15) is 0 Å². The summed E-state index contributed by atoms with van der Waals surface area (Å²) in [7, 11) is 0. The smallest absolute Gasteiger partial charge is 0.340 e. The van der Waals surface area contributed by atoms with E-state index in [1.807, 2.05) is 6.07 Å². The second-order valence-corrected chi connectivity index (χ2v) is 18.0. The van der Waals surface area contributed by atoms with Crippen molar-refractivity contribution in [2.45, 2.75) is 67.7 Å². The summed E-state index contributed by atoms with van der Waals surface area (Å²) in [6, 6.07) is 56.7. The molecule has 3 fully saturated rings. The molecule has 0 N–H and O–H groups in total. The molecule has 0 radical (unpaired) electrons. The maximum absolute atomic E-state index is 14.5. The summed E-state index contributed by atoms with van der Waals surface area (Å²) in [6.45, 7) is -0.884. The van der Waals surface area contributed by atoms with E-state index in [2.05, 4.69) is 0 Å². The van der Waals surface area contributed by atoms with Crippen LogP contribution in [0.2, 0.25) is 0 Å². The van der Waals surface area contributed by atoms with Crippen LogP contribution in [0.3, 0.4) is 0 Å². The number of benzene rings is 7. The number of ether oxygens (including phenoxy) is 11. The minimum absolute atomic E-state index is 0.0459. The van der Waals surface area contributed by atoms with E-state index >= 15 is 0 Å².